The van der Waals surface area contributed by atoms with E-state index in [9.17, 15) is 4.79 Å². The molecule has 0 spiro atoms. The minimum atomic E-state index is -0.749. The Hall–Kier alpha value is -1.62. The predicted molar refractivity (Wildman–Crippen MR) is 69.2 cm³/mol. The van der Waals surface area contributed by atoms with Crippen molar-refractivity contribution in [1.29, 1.82) is 0 Å². The van der Waals surface area contributed by atoms with Gasteiger partial charge in [-0.05, 0) is 30.0 Å². The molecule has 17 heavy (non-hydrogen) atoms. The van der Waals surface area contributed by atoms with Crippen molar-refractivity contribution in [3.8, 4) is 0 Å². The normalized spacial score (nSPS) is 12.8. The number of aliphatic carboxylic acids is 1. The first-order valence-electron chi connectivity index (χ1n) is 5.41. The number of carbonyl (C=O) groups is 1. The molecule has 2 aromatic rings. The van der Waals surface area contributed by atoms with Gasteiger partial charge in [-0.3, -0.25) is 4.79 Å². The van der Waals surface area contributed by atoms with E-state index in [4.69, 9.17) is 10.8 Å². The lowest BCUT2D eigenvalue weighted by molar-refractivity contribution is -0.137. The zero-order valence-electron chi connectivity index (χ0n) is 9.51. The van der Waals surface area contributed by atoms with Gasteiger partial charge < -0.3 is 10.8 Å². The third-order valence-corrected chi connectivity index (χ3v) is 3.42. The molecule has 3 N–H and O–H groups in total. The molecule has 0 radical (unpaired) electrons. The van der Waals surface area contributed by atoms with E-state index in [1.807, 2.05) is 25.1 Å². The summed E-state index contributed by atoms with van der Waals surface area (Å²) in [5.74, 6) is -0.615. The van der Waals surface area contributed by atoms with Gasteiger partial charge in [-0.15, -0.1) is 0 Å². The second kappa shape index (κ2) is 4.71. The quantitative estimate of drug-likeness (QED) is 0.874. The first kappa shape index (κ1) is 11.9. The van der Waals surface area contributed by atoms with Crippen LogP contribution in [0.25, 0.3) is 10.2 Å². The van der Waals surface area contributed by atoms with Gasteiger partial charge in [0.05, 0.1) is 10.2 Å². The second-order valence-electron chi connectivity index (χ2n) is 4.26. The Balaban J connectivity index is 2.16. The molecule has 5 heteroatoms. The molecular weight excluding hydrogens is 236 g/mol. The summed E-state index contributed by atoms with van der Waals surface area (Å²) in [6, 6.07) is 5.96. The fourth-order valence-electron chi connectivity index (χ4n) is 1.89. The highest BCUT2D eigenvalue weighted by Crippen LogP contribution is 2.25. The minimum Gasteiger partial charge on any atom is -0.481 e. The molecule has 0 amide bonds. The van der Waals surface area contributed by atoms with Gasteiger partial charge >= 0.3 is 5.97 Å². The largest absolute Gasteiger partial charge is 0.481 e. The predicted octanol–water partition coefficient (Wildman–Crippen LogP) is 2.53. The van der Waals surface area contributed by atoms with Crippen LogP contribution in [0.2, 0.25) is 0 Å². The number of benzene rings is 1. The molecule has 1 aromatic carbocycles. The van der Waals surface area contributed by atoms with Crippen molar-refractivity contribution in [2.24, 2.45) is 5.92 Å². The number of hydrogen-bond donors (Lipinski definition) is 2. The molecule has 1 aromatic heterocycles. The Labute approximate surface area is 103 Å². The number of rotatable bonds is 4. The van der Waals surface area contributed by atoms with Crippen LogP contribution >= 0.6 is 11.3 Å². The minimum absolute atomic E-state index is 0.134. The van der Waals surface area contributed by atoms with Gasteiger partial charge in [-0.1, -0.05) is 24.3 Å². The Morgan fingerprint density at radius 2 is 2.35 bits per heavy atom. The van der Waals surface area contributed by atoms with Crippen molar-refractivity contribution in [2.75, 3.05) is 5.73 Å². The first-order valence-corrected chi connectivity index (χ1v) is 6.23. The van der Waals surface area contributed by atoms with Gasteiger partial charge in [0.15, 0.2) is 5.13 Å². The summed E-state index contributed by atoms with van der Waals surface area (Å²) < 4.78 is 1.06. The van der Waals surface area contributed by atoms with Crippen LogP contribution in [-0.2, 0) is 11.2 Å². The first-order chi connectivity index (χ1) is 8.04. The molecule has 0 aliphatic rings. The number of hydrogen-bond acceptors (Lipinski definition) is 4. The summed E-state index contributed by atoms with van der Waals surface area (Å²) in [7, 11) is 0. The van der Waals surface area contributed by atoms with Crippen molar-refractivity contribution in [3.63, 3.8) is 0 Å². The van der Waals surface area contributed by atoms with Gasteiger partial charge in [0.1, 0.15) is 0 Å². The fraction of sp³-hybridized carbons (Fsp3) is 0.333. The van der Waals surface area contributed by atoms with Crippen LogP contribution in [-0.4, -0.2) is 16.1 Å². The van der Waals surface area contributed by atoms with Gasteiger partial charge in [0.2, 0.25) is 0 Å². The molecule has 90 valence electrons. The smallest absolute Gasteiger partial charge is 0.303 e. The SMILES string of the molecule is CC(CC(=O)O)Cc1ccc2nc(N)sc2c1. The molecule has 0 saturated heterocycles. The molecule has 2 rings (SSSR count). The maximum Gasteiger partial charge on any atom is 0.303 e. The summed E-state index contributed by atoms with van der Waals surface area (Å²) in [6.07, 6.45) is 0.961. The van der Waals surface area contributed by atoms with Crippen LogP contribution in [0.4, 0.5) is 5.13 Å². The monoisotopic (exact) mass is 250 g/mol. The van der Waals surface area contributed by atoms with Crippen LogP contribution in [0.5, 0.6) is 0 Å². The maximum absolute atomic E-state index is 10.6. The highest BCUT2D eigenvalue weighted by atomic mass is 32.1. The number of aromatic nitrogens is 1. The molecule has 0 saturated carbocycles. The van der Waals surface area contributed by atoms with Crippen molar-refractivity contribution in [1.82, 2.24) is 4.98 Å². The molecular formula is C12H14N2O2S. The van der Waals surface area contributed by atoms with Crippen molar-refractivity contribution < 1.29 is 9.90 Å². The summed E-state index contributed by atoms with van der Waals surface area (Å²) in [5, 5.41) is 9.28. The van der Waals surface area contributed by atoms with Gasteiger partial charge in [0, 0.05) is 6.42 Å². The molecule has 0 aliphatic heterocycles. The molecule has 1 unspecified atom stereocenters. The highest BCUT2D eigenvalue weighted by Gasteiger charge is 2.09. The zero-order valence-corrected chi connectivity index (χ0v) is 10.3. The Kier molecular flexibility index (Phi) is 3.28. The van der Waals surface area contributed by atoms with Crippen LogP contribution < -0.4 is 5.73 Å². The molecule has 1 heterocycles. The van der Waals surface area contributed by atoms with Crippen molar-refractivity contribution in [2.45, 2.75) is 19.8 Å². The lowest BCUT2D eigenvalue weighted by Gasteiger charge is -2.08. The molecule has 4 nitrogen and oxygen atoms in total. The zero-order chi connectivity index (χ0) is 12.4. The second-order valence-corrected chi connectivity index (χ2v) is 5.32. The third-order valence-electron chi connectivity index (χ3n) is 2.58. The van der Waals surface area contributed by atoms with E-state index >= 15 is 0 Å². The van der Waals surface area contributed by atoms with Crippen LogP contribution in [0.1, 0.15) is 18.9 Å². The maximum atomic E-state index is 10.6. The van der Waals surface area contributed by atoms with E-state index in [1.54, 1.807) is 0 Å². The Morgan fingerprint density at radius 1 is 1.59 bits per heavy atom. The lowest BCUT2D eigenvalue weighted by Crippen LogP contribution is -2.06. The Bertz CT molecular complexity index is 550. The topological polar surface area (TPSA) is 76.2 Å². The average molecular weight is 250 g/mol. The molecule has 1 atom stereocenters. The Morgan fingerprint density at radius 3 is 3.06 bits per heavy atom. The molecule has 0 bridgehead atoms. The number of nitrogen functional groups attached to an aromatic ring is 1. The summed E-state index contributed by atoms with van der Waals surface area (Å²) in [5.41, 5.74) is 7.68. The number of nitrogens with zero attached hydrogens (tertiary/aromatic N) is 1. The lowest BCUT2D eigenvalue weighted by atomic mass is 9.98. The number of carboxylic acids is 1. The highest BCUT2D eigenvalue weighted by molar-refractivity contribution is 7.22. The number of carboxylic acid groups (broad SMARTS) is 1. The van der Waals surface area contributed by atoms with E-state index < -0.39 is 5.97 Å². The van der Waals surface area contributed by atoms with E-state index in [-0.39, 0.29) is 12.3 Å². The van der Waals surface area contributed by atoms with E-state index in [1.165, 1.54) is 11.3 Å². The van der Waals surface area contributed by atoms with Gasteiger partial charge in [0.25, 0.3) is 0 Å². The van der Waals surface area contributed by atoms with Crippen LogP contribution in [0.3, 0.4) is 0 Å². The number of thiazole rings is 1. The fourth-order valence-corrected chi connectivity index (χ4v) is 2.68. The van der Waals surface area contributed by atoms with E-state index in [0.717, 1.165) is 22.2 Å². The van der Waals surface area contributed by atoms with Crippen molar-refractivity contribution >= 4 is 32.7 Å². The number of anilines is 1. The van der Waals surface area contributed by atoms with Crippen LogP contribution in [0, 0.1) is 5.92 Å². The standard InChI is InChI=1S/C12H14N2O2S/c1-7(5-11(15)16)4-8-2-3-9-10(6-8)17-12(13)14-9/h2-3,6-7H,4-5H2,1H3,(H2,13,14)(H,15,16). The summed E-state index contributed by atoms with van der Waals surface area (Å²) in [4.78, 5) is 14.8. The van der Waals surface area contributed by atoms with Gasteiger partial charge in [-0.25, -0.2) is 4.98 Å². The average Bonchev–Trinajstić information content (AvgIpc) is 2.55. The number of nitrogens with two attached hydrogens (primary N) is 1. The van der Waals surface area contributed by atoms with Crippen LogP contribution in [0.15, 0.2) is 18.2 Å². The van der Waals surface area contributed by atoms with E-state index in [2.05, 4.69) is 4.98 Å². The molecule has 0 fully saturated rings. The third kappa shape index (κ3) is 2.94. The summed E-state index contributed by atoms with van der Waals surface area (Å²) in [6.45, 7) is 1.94. The summed E-state index contributed by atoms with van der Waals surface area (Å²) >= 11 is 1.46. The molecule has 0 aliphatic carbocycles. The number of fused-ring (bicyclic) bond motifs is 1. The van der Waals surface area contributed by atoms with Gasteiger partial charge in [-0.2, -0.15) is 0 Å². The van der Waals surface area contributed by atoms with Crippen molar-refractivity contribution in [3.05, 3.63) is 23.8 Å². The van der Waals surface area contributed by atoms with E-state index in [0.29, 0.717) is 5.13 Å².